The summed E-state index contributed by atoms with van der Waals surface area (Å²) in [5.41, 5.74) is 6.48. The maximum Gasteiger partial charge on any atom is 0.313 e. The fourth-order valence-corrected chi connectivity index (χ4v) is 4.70. The van der Waals surface area contributed by atoms with Crippen molar-refractivity contribution in [2.45, 2.75) is 26.3 Å². The summed E-state index contributed by atoms with van der Waals surface area (Å²) in [6, 6.07) is 12.5. The summed E-state index contributed by atoms with van der Waals surface area (Å²) in [6.45, 7) is 9.17. The van der Waals surface area contributed by atoms with Crippen LogP contribution in [0.5, 0.6) is 0 Å². The predicted octanol–water partition coefficient (Wildman–Crippen LogP) is 2.34. The van der Waals surface area contributed by atoms with Crippen molar-refractivity contribution in [1.29, 1.82) is 0 Å². The van der Waals surface area contributed by atoms with Crippen molar-refractivity contribution in [3.05, 3.63) is 58.7 Å². The third-order valence-electron chi connectivity index (χ3n) is 6.90. The van der Waals surface area contributed by atoms with Gasteiger partial charge >= 0.3 is 11.8 Å². The Morgan fingerprint density at radius 1 is 0.939 bits per heavy atom. The summed E-state index contributed by atoms with van der Waals surface area (Å²) in [7, 11) is 4.26. The number of piperazine rings is 1. The first-order chi connectivity index (χ1) is 15.8. The highest BCUT2D eigenvalue weighted by Crippen LogP contribution is 2.31. The van der Waals surface area contributed by atoms with E-state index in [2.05, 4.69) is 57.6 Å². The van der Waals surface area contributed by atoms with E-state index in [9.17, 15) is 9.59 Å². The summed E-state index contributed by atoms with van der Waals surface area (Å²) in [5, 5.41) is 5.67. The van der Waals surface area contributed by atoms with E-state index >= 15 is 0 Å². The zero-order valence-corrected chi connectivity index (χ0v) is 20.1. The van der Waals surface area contributed by atoms with Crippen LogP contribution in [0.4, 0.5) is 11.4 Å². The van der Waals surface area contributed by atoms with E-state index in [-0.39, 0.29) is 6.04 Å². The highest BCUT2D eigenvalue weighted by molar-refractivity contribution is 6.39. The fourth-order valence-electron chi connectivity index (χ4n) is 4.70. The van der Waals surface area contributed by atoms with Gasteiger partial charge in [-0.25, -0.2) is 0 Å². The van der Waals surface area contributed by atoms with Gasteiger partial charge in [0.05, 0.1) is 6.04 Å². The molecule has 0 radical (unpaired) electrons. The molecule has 2 amide bonds. The van der Waals surface area contributed by atoms with Gasteiger partial charge in [-0.1, -0.05) is 24.3 Å². The van der Waals surface area contributed by atoms with Gasteiger partial charge in [0.25, 0.3) is 0 Å². The number of carbonyl (C=O) groups is 2. The fraction of sp³-hybridized carbons (Fsp3) is 0.462. The second-order valence-electron chi connectivity index (χ2n) is 9.40. The highest BCUT2D eigenvalue weighted by Gasteiger charge is 2.27. The number of likely N-dealkylation sites (N-methyl/N-ethyl adjacent to an activating group) is 2. The van der Waals surface area contributed by atoms with E-state index < -0.39 is 11.8 Å². The first-order valence-electron chi connectivity index (χ1n) is 11.7. The van der Waals surface area contributed by atoms with Gasteiger partial charge in [-0.2, -0.15) is 0 Å². The minimum Gasteiger partial charge on any atom is -0.374 e. The molecule has 2 aromatic rings. The van der Waals surface area contributed by atoms with E-state index in [1.165, 1.54) is 16.8 Å². The molecule has 0 saturated carbocycles. The quantitative estimate of drug-likeness (QED) is 0.686. The van der Waals surface area contributed by atoms with Gasteiger partial charge in [0.15, 0.2) is 0 Å². The van der Waals surface area contributed by atoms with Crippen molar-refractivity contribution in [2.75, 3.05) is 63.6 Å². The smallest absolute Gasteiger partial charge is 0.313 e. The largest absolute Gasteiger partial charge is 0.374 e. The molecular weight excluding hydrogens is 414 g/mol. The average Bonchev–Trinajstić information content (AvgIpc) is 3.17. The average molecular weight is 450 g/mol. The molecule has 33 heavy (non-hydrogen) atoms. The minimum absolute atomic E-state index is 0.0346. The van der Waals surface area contributed by atoms with Gasteiger partial charge in [0.2, 0.25) is 0 Å². The highest BCUT2D eigenvalue weighted by atomic mass is 16.2. The molecule has 0 aliphatic carbocycles. The van der Waals surface area contributed by atoms with Gasteiger partial charge in [0, 0.05) is 57.7 Å². The zero-order chi connectivity index (χ0) is 23.5. The second kappa shape index (κ2) is 9.93. The molecule has 0 unspecified atom stereocenters. The lowest BCUT2D eigenvalue weighted by Gasteiger charge is -2.38. The van der Waals surface area contributed by atoms with E-state index in [1.807, 2.05) is 32.0 Å². The number of carbonyl (C=O) groups excluding carboxylic acids is 2. The van der Waals surface area contributed by atoms with Gasteiger partial charge in [-0.15, -0.1) is 0 Å². The molecule has 0 bridgehead atoms. The zero-order valence-electron chi connectivity index (χ0n) is 20.1. The molecule has 4 rings (SSSR count). The molecule has 2 aliphatic heterocycles. The van der Waals surface area contributed by atoms with Crippen molar-refractivity contribution in [3.63, 3.8) is 0 Å². The van der Waals surface area contributed by atoms with Crippen LogP contribution >= 0.6 is 0 Å². The van der Waals surface area contributed by atoms with Crippen LogP contribution in [0.1, 0.15) is 28.3 Å². The molecule has 176 valence electrons. The number of aryl methyl sites for hydroxylation is 2. The lowest BCUT2D eigenvalue weighted by Crippen LogP contribution is -2.49. The number of benzene rings is 2. The molecule has 2 aromatic carbocycles. The Labute approximate surface area is 196 Å². The van der Waals surface area contributed by atoms with E-state index in [1.54, 1.807) is 0 Å². The van der Waals surface area contributed by atoms with Crippen molar-refractivity contribution in [3.8, 4) is 0 Å². The van der Waals surface area contributed by atoms with Crippen LogP contribution in [0.2, 0.25) is 0 Å². The Morgan fingerprint density at radius 3 is 2.45 bits per heavy atom. The number of nitrogens with zero attached hydrogens (tertiary/aromatic N) is 3. The Bertz CT molecular complexity index is 1030. The second-order valence-corrected chi connectivity index (χ2v) is 9.40. The first kappa shape index (κ1) is 23.3. The Hall–Kier alpha value is -2.90. The lowest BCUT2D eigenvalue weighted by molar-refractivity contribution is -0.136. The lowest BCUT2D eigenvalue weighted by atomic mass is 10.00. The third-order valence-corrected chi connectivity index (χ3v) is 6.90. The molecule has 7 heteroatoms. The molecule has 2 N–H and O–H groups in total. The van der Waals surface area contributed by atoms with Gasteiger partial charge < -0.3 is 20.4 Å². The minimum atomic E-state index is -0.628. The molecule has 0 aromatic heterocycles. The number of amides is 2. The van der Waals surface area contributed by atoms with Gasteiger partial charge in [-0.3, -0.25) is 14.5 Å². The van der Waals surface area contributed by atoms with Gasteiger partial charge in [-0.05, 0) is 61.7 Å². The van der Waals surface area contributed by atoms with E-state index in [4.69, 9.17) is 0 Å². The van der Waals surface area contributed by atoms with Gasteiger partial charge in [0.1, 0.15) is 0 Å². The number of hydrogen-bond acceptors (Lipinski definition) is 5. The molecule has 2 aliphatic rings. The molecule has 7 nitrogen and oxygen atoms in total. The van der Waals surface area contributed by atoms with Crippen LogP contribution < -0.4 is 15.5 Å². The van der Waals surface area contributed by atoms with Crippen molar-refractivity contribution < 1.29 is 9.59 Å². The van der Waals surface area contributed by atoms with Crippen LogP contribution in [0.3, 0.4) is 0 Å². The maximum atomic E-state index is 12.7. The number of nitrogens with one attached hydrogen (secondary N) is 2. The van der Waals surface area contributed by atoms with Crippen molar-refractivity contribution >= 4 is 23.2 Å². The molecule has 1 atom stereocenters. The number of anilines is 2. The molecule has 1 fully saturated rings. The van der Waals surface area contributed by atoms with Crippen LogP contribution in [-0.4, -0.2) is 75.0 Å². The SMILES string of the molecule is Cc1ccc(C)c(NC(=O)C(=O)NC[C@H](c2ccc3c(c2)CCN3C)N2CCN(C)CC2)c1. The molecular formula is C26H35N5O2. The van der Waals surface area contributed by atoms with E-state index in [0.717, 1.165) is 50.3 Å². The Kier molecular flexibility index (Phi) is 7.00. The Morgan fingerprint density at radius 2 is 1.70 bits per heavy atom. The predicted molar refractivity (Wildman–Crippen MR) is 133 cm³/mol. The van der Waals surface area contributed by atoms with Crippen LogP contribution in [0, 0.1) is 13.8 Å². The normalized spacial score (nSPS) is 17.5. The summed E-state index contributed by atoms with van der Waals surface area (Å²) in [6.07, 6.45) is 1.04. The molecule has 1 saturated heterocycles. The number of hydrogen-bond donors (Lipinski definition) is 2. The maximum absolute atomic E-state index is 12.7. The van der Waals surface area contributed by atoms with Crippen LogP contribution in [-0.2, 0) is 16.0 Å². The Balaban J connectivity index is 1.46. The van der Waals surface area contributed by atoms with Crippen molar-refractivity contribution in [2.24, 2.45) is 0 Å². The summed E-state index contributed by atoms with van der Waals surface area (Å²) in [4.78, 5) is 32.3. The van der Waals surface area contributed by atoms with Crippen molar-refractivity contribution in [1.82, 2.24) is 15.1 Å². The monoisotopic (exact) mass is 449 g/mol. The number of rotatable bonds is 5. The molecule has 0 spiro atoms. The van der Waals surface area contributed by atoms with E-state index in [0.29, 0.717) is 12.2 Å². The topological polar surface area (TPSA) is 67.9 Å². The third kappa shape index (κ3) is 5.37. The summed E-state index contributed by atoms with van der Waals surface area (Å²) < 4.78 is 0. The van der Waals surface area contributed by atoms with Crippen LogP contribution in [0.25, 0.3) is 0 Å². The molecule has 2 heterocycles. The van der Waals surface area contributed by atoms with Crippen LogP contribution in [0.15, 0.2) is 36.4 Å². The first-order valence-corrected chi connectivity index (χ1v) is 11.7. The number of fused-ring (bicyclic) bond motifs is 1. The summed E-state index contributed by atoms with van der Waals surface area (Å²) >= 11 is 0. The summed E-state index contributed by atoms with van der Waals surface area (Å²) in [5.74, 6) is -1.23. The standard InChI is InChI=1S/C26H35N5O2/c1-18-5-6-19(2)22(15-18)28-26(33)25(32)27-17-24(31-13-11-29(3)12-14-31)20-7-8-23-21(16-20)9-10-30(23)4/h5-8,15-16,24H,9-14,17H2,1-4H3,(H,27,32)(H,28,33)/t24-/m1/s1.